The van der Waals surface area contributed by atoms with Crippen molar-refractivity contribution in [3.63, 3.8) is 0 Å². The van der Waals surface area contributed by atoms with Crippen LogP contribution in [-0.2, 0) is 47.9 Å². The maximum Gasteiger partial charge on any atom is 0.326 e. The number of aliphatic carboxylic acids is 1. The fourth-order valence-corrected chi connectivity index (χ4v) is 7.47. The molecule has 0 aromatic heterocycles. The van der Waals surface area contributed by atoms with E-state index in [0.29, 0.717) is 32.1 Å². The second-order valence-electron chi connectivity index (χ2n) is 19.1. The van der Waals surface area contributed by atoms with Crippen molar-refractivity contribution in [2.45, 2.75) is 182 Å². The molecule has 0 aromatic rings. The van der Waals surface area contributed by atoms with E-state index in [0.717, 1.165) is 0 Å². The Morgan fingerprint density at radius 1 is 0.559 bits per heavy atom. The van der Waals surface area contributed by atoms with Crippen molar-refractivity contribution in [3.05, 3.63) is 0 Å². The maximum absolute atomic E-state index is 13.5. The highest BCUT2D eigenvalue weighted by molar-refractivity contribution is 5.97. The van der Waals surface area contributed by atoms with Crippen molar-refractivity contribution >= 4 is 59.1 Å². The zero-order chi connectivity index (χ0) is 52.2. The lowest BCUT2D eigenvalue weighted by Crippen LogP contribution is -2.60. The molecule has 12 atom stereocenters. The van der Waals surface area contributed by atoms with E-state index in [1.54, 1.807) is 34.6 Å². The Bertz CT molecular complexity index is 1750. The molecule has 22 nitrogen and oxygen atoms in total. The van der Waals surface area contributed by atoms with E-state index in [9.17, 15) is 58.2 Å². The first-order chi connectivity index (χ1) is 31.7. The highest BCUT2D eigenvalue weighted by Gasteiger charge is 2.41. The minimum absolute atomic E-state index is 0.0103. The largest absolute Gasteiger partial charge is 0.480 e. The molecule has 22 heteroatoms. The van der Waals surface area contributed by atoms with Crippen LogP contribution in [0.15, 0.2) is 0 Å². The van der Waals surface area contributed by atoms with Crippen LogP contribution in [0.4, 0.5) is 0 Å². The van der Waals surface area contributed by atoms with Gasteiger partial charge in [-0.25, -0.2) is 4.79 Å². The fraction of sp³-hybridized carbons (Fsp3) is 0.783. The topological polar surface area (TPSA) is 337 Å². The van der Waals surface area contributed by atoms with Gasteiger partial charge in [-0.15, -0.1) is 0 Å². The number of nitrogens with two attached hydrogens (primary N) is 1. The molecular formula is C46H82N10O12. The van der Waals surface area contributed by atoms with Crippen LogP contribution in [-0.4, -0.2) is 148 Å². The van der Waals surface area contributed by atoms with Gasteiger partial charge in [-0.05, 0) is 69.1 Å². The van der Waals surface area contributed by atoms with Gasteiger partial charge in [-0.3, -0.25) is 43.2 Å². The van der Waals surface area contributed by atoms with Crippen molar-refractivity contribution in [2.75, 3.05) is 19.6 Å². The number of carboxylic acid groups (broad SMARTS) is 1. The van der Waals surface area contributed by atoms with Crippen LogP contribution in [0.1, 0.15) is 128 Å². The lowest BCUT2D eigenvalue weighted by molar-refractivity contribution is -0.150. The van der Waals surface area contributed by atoms with Gasteiger partial charge in [0.1, 0.15) is 42.3 Å². The molecule has 0 radical (unpaired) electrons. The number of hydrogen-bond acceptors (Lipinski definition) is 12. The molecule has 388 valence electrons. The molecule has 9 amide bonds. The molecule has 1 saturated heterocycles. The number of likely N-dealkylation sites (tertiary alicyclic amines) is 1. The van der Waals surface area contributed by atoms with Crippen LogP contribution < -0.4 is 48.3 Å². The van der Waals surface area contributed by atoms with E-state index in [-0.39, 0.29) is 37.1 Å². The molecule has 0 unspecified atom stereocenters. The van der Waals surface area contributed by atoms with Crippen molar-refractivity contribution in [1.29, 1.82) is 0 Å². The van der Waals surface area contributed by atoms with Gasteiger partial charge in [0.2, 0.25) is 53.2 Å². The van der Waals surface area contributed by atoms with Gasteiger partial charge in [0, 0.05) is 6.54 Å². The summed E-state index contributed by atoms with van der Waals surface area (Å²) in [5.41, 5.74) is 6.06. The van der Waals surface area contributed by atoms with E-state index in [1.165, 1.54) is 18.7 Å². The second-order valence-corrected chi connectivity index (χ2v) is 19.1. The van der Waals surface area contributed by atoms with E-state index < -0.39 is 138 Å². The third-order valence-corrected chi connectivity index (χ3v) is 12.3. The summed E-state index contributed by atoms with van der Waals surface area (Å²) in [5.74, 6) is -8.63. The number of carbonyl (C=O) groups is 10. The summed E-state index contributed by atoms with van der Waals surface area (Å²) in [7, 11) is 0. The highest BCUT2D eigenvalue weighted by atomic mass is 16.4. The Labute approximate surface area is 401 Å². The van der Waals surface area contributed by atoms with Crippen LogP contribution in [0.5, 0.6) is 0 Å². The van der Waals surface area contributed by atoms with E-state index in [4.69, 9.17) is 5.73 Å². The molecule has 1 fully saturated rings. The van der Waals surface area contributed by atoms with Gasteiger partial charge in [0.05, 0.1) is 25.2 Å². The molecule has 68 heavy (non-hydrogen) atoms. The quantitative estimate of drug-likeness (QED) is 0.0437. The molecule has 0 aromatic carbocycles. The molecule has 1 rings (SSSR count). The Morgan fingerprint density at radius 2 is 1.01 bits per heavy atom. The van der Waals surface area contributed by atoms with E-state index in [1.807, 2.05) is 34.6 Å². The lowest BCUT2D eigenvalue weighted by atomic mass is 9.96. The summed E-state index contributed by atoms with van der Waals surface area (Å²) >= 11 is 0. The lowest BCUT2D eigenvalue weighted by Gasteiger charge is -2.32. The van der Waals surface area contributed by atoms with Crippen LogP contribution in [0.3, 0.4) is 0 Å². The summed E-state index contributed by atoms with van der Waals surface area (Å²) in [6, 6.07) is -9.00. The number of nitrogens with zero attached hydrogens (tertiary/aromatic N) is 1. The molecule has 1 aliphatic heterocycles. The van der Waals surface area contributed by atoms with Crippen LogP contribution in [0.25, 0.3) is 0 Å². The summed E-state index contributed by atoms with van der Waals surface area (Å²) in [4.78, 5) is 132. The van der Waals surface area contributed by atoms with Crippen LogP contribution in [0.2, 0.25) is 0 Å². The molecular weight excluding hydrogens is 885 g/mol. The first-order valence-electron chi connectivity index (χ1n) is 24.0. The van der Waals surface area contributed by atoms with Gasteiger partial charge < -0.3 is 63.4 Å². The smallest absolute Gasteiger partial charge is 0.326 e. The molecule has 1 aliphatic rings. The minimum atomic E-state index is -1.56. The average molecular weight is 967 g/mol. The summed E-state index contributed by atoms with van der Waals surface area (Å²) in [6.07, 6.45) is 1.35. The zero-order valence-electron chi connectivity index (χ0n) is 42.2. The third kappa shape index (κ3) is 19.7. The minimum Gasteiger partial charge on any atom is -0.480 e. The summed E-state index contributed by atoms with van der Waals surface area (Å²) < 4.78 is 0. The highest BCUT2D eigenvalue weighted by Crippen LogP contribution is 2.22. The normalized spacial score (nSPS) is 18.5. The second kappa shape index (κ2) is 29.5. The summed E-state index contributed by atoms with van der Waals surface area (Å²) in [6.45, 7) is 19.7. The third-order valence-electron chi connectivity index (χ3n) is 12.3. The van der Waals surface area contributed by atoms with Gasteiger partial charge >= 0.3 is 5.97 Å². The number of hydrogen-bond donors (Lipinski definition) is 11. The standard InChI is InChI=1S/C46H82N10O12/c1-13-25(8)35(54-41(62)31(20-24(6)7)51-40(61)30(47)19-23(4)5)42(63)49-22-33(58)52-36(26(9)14-2)43(64)50-28(11)39(60)48-21-34(59)53-38(29(12)57)44(65)55-37(27(10)15-3)45(66)56-18-16-17-32(56)46(67)68/h23-32,35-38,57H,13-22,47H2,1-12H3,(H,48,60)(H,49,63)(H,50,64)(H,51,61)(H,52,58)(H,53,59)(H,54,62)(H,55,65)(H,67,68)/t25-,26-,27-,28-,29+,30-,31-,32-,35-,36-,37-,38-/m0/s1. The van der Waals surface area contributed by atoms with Crippen LogP contribution in [0, 0.1) is 29.6 Å². The summed E-state index contributed by atoms with van der Waals surface area (Å²) in [5, 5.41) is 40.4. The van der Waals surface area contributed by atoms with Gasteiger partial charge in [0.15, 0.2) is 0 Å². The van der Waals surface area contributed by atoms with Crippen molar-refractivity contribution in [1.82, 2.24) is 47.4 Å². The van der Waals surface area contributed by atoms with Crippen molar-refractivity contribution in [3.8, 4) is 0 Å². The van der Waals surface area contributed by atoms with E-state index >= 15 is 0 Å². The number of aliphatic hydroxyl groups excluding tert-OH is 1. The van der Waals surface area contributed by atoms with Gasteiger partial charge in [-0.2, -0.15) is 0 Å². The Morgan fingerprint density at radius 3 is 1.50 bits per heavy atom. The van der Waals surface area contributed by atoms with Crippen molar-refractivity contribution in [2.24, 2.45) is 35.3 Å². The van der Waals surface area contributed by atoms with E-state index in [2.05, 4.69) is 42.5 Å². The molecule has 1 heterocycles. The monoisotopic (exact) mass is 967 g/mol. The van der Waals surface area contributed by atoms with Gasteiger partial charge in [0.25, 0.3) is 0 Å². The Hall–Kier alpha value is -5.38. The maximum atomic E-state index is 13.5. The molecule has 0 aliphatic carbocycles. The first-order valence-corrected chi connectivity index (χ1v) is 24.0. The van der Waals surface area contributed by atoms with Crippen LogP contribution >= 0.6 is 0 Å². The number of nitrogens with one attached hydrogen (secondary N) is 8. The van der Waals surface area contributed by atoms with Gasteiger partial charge in [-0.1, -0.05) is 88.5 Å². The average Bonchev–Trinajstić information content (AvgIpc) is 3.78. The Balaban J connectivity index is 2.94. The number of amides is 9. The predicted molar refractivity (Wildman–Crippen MR) is 253 cm³/mol. The molecule has 0 saturated carbocycles. The number of aliphatic hydroxyl groups is 1. The molecule has 0 spiro atoms. The molecule has 12 N–H and O–H groups in total. The fourth-order valence-electron chi connectivity index (χ4n) is 7.47. The van der Waals surface area contributed by atoms with Crippen molar-refractivity contribution < 1.29 is 58.2 Å². The Kier molecular flexibility index (Phi) is 26.3. The number of carbonyl (C=O) groups excluding carboxylic acids is 9. The zero-order valence-corrected chi connectivity index (χ0v) is 42.2. The number of carboxylic acids is 1. The molecule has 0 bridgehead atoms. The first kappa shape index (κ1) is 60.6. The SMILES string of the molecule is CC[C@H](C)[C@H](NC(=O)CNC(=O)[C@@H](NC(=O)[C@H](CC(C)C)NC(=O)[C@@H](N)CC(C)C)[C@@H](C)CC)C(=O)N[C@@H](C)C(=O)NCC(=O)N[C@H](C(=O)N[C@H](C(=O)N1CCC[C@H]1C(=O)O)[C@@H](C)CC)[C@@H](C)O. The number of rotatable bonds is 29. The predicted octanol–water partition coefficient (Wildman–Crippen LogP) is -0.838.